The second-order valence-electron chi connectivity index (χ2n) is 8.44. The van der Waals surface area contributed by atoms with Gasteiger partial charge >= 0.3 is 0 Å². The molecule has 1 fully saturated rings. The van der Waals surface area contributed by atoms with Crippen molar-refractivity contribution in [2.24, 2.45) is 5.92 Å². The minimum Gasteiger partial charge on any atom is -0.484 e. The van der Waals surface area contributed by atoms with Crippen molar-refractivity contribution in [2.75, 3.05) is 29.9 Å². The number of rotatable bonds is 9. The number of nitrogens with one attached hydrogen (secondary N) is 2. The summed E-state index contributed by atoms with van der Waals surface area (Å²) in [6, 6.07) is 10.8. The van der Waals surface area contributed by atoms with Gasteiger partial charge in [0.15, 0.2) is 6.61 Å². The van der Waals surface area contributed by atoms with Gasteiger partial charge in [0.25, 0.3) is 5.91 Å². The highest BCUT2D eigenvalue weighted by Crippen LogP contribution is 2.28. The van der Waals surface area contributed by atoms with Crippen molar-refractivity contribution in [3.8, 4) is 5.75 Å². The molecular weight excluding hydrogens is 502 g/mol. The van der Waals surface area contributed by atoms with Crippen LogP contribution in [0.3, 0.4) is 0 Å². The van der Waals surface area contributed by atoms with Crippen LogP contribution >= 0.6 is 15.9 Å². The second-order valence-corrected chi connectivity index (χ2v) is 9.36. The number of carbonyl (C=O) groups excluding carboxylic acids is 3. The Morgan fingerprint density at radius 1 is 1.26 bits per heavy atom. The number of anilines is 2. The zero-order valence-corrected chi connectivity index (χ0v) is 21.1. The number of hydrogen-bond acceptors (Lipinski definition) is 5. The molecule has 9 heteroatoms. The highest BCUT2D eigenvalue weighted by molar-refractivity contribution is 9.10. The Hall–Kier alpha value is -2.91. The van der Waals surface area contributed by atoms with Gasteiger partial charge in [-0.2, -0.15) is 0 Å². The maximum absolute atomic E-state index is 12.5. The number of aliphatic hydroxyl groups excluding tert-OH is 1. The molecule has 3 N–H and O–H groups in total. The first-order chi connectivity index (χ1) is 16.2. The van der Waals surface area contributed by atoms with E-state index in [0.29, 0.717) is 11.4 Å². The van der Waals surface area contributed by atoms with E-state index >= 15 is 0 Å². The van der Waals surface area contributed by atoms with E-state index in [0.717, 1.165) is 27.7 Å². The number of amides is 3. The normalized spacial score (nSPS) is 16.3. The molecule has 182 valence electrons. The molecule has 2 aromatic carbocycles. The lowest BCUT2D eigenvalue weighted by Crippen LogP contribution is -2.36. The van der Waals surface area contributed by atoms with Crippen LogP contribution in [0.1, 0.15) is 31.4 Å². The molecule has 34 heavy (non-hydrogen) atoms. The third-order valence-corrected chi connectivity index (χ3v) is 6.07. The summed E-state index contributed by atoms with van der Waals surface area (Å²) in [6.07, 6.45) is 0.273. The molecule has 1 aliphatic rings. The van der Waals surface area contributed by atoms with Crippen LogP contribution in [0.15, 0.2) is 40.9 Å². The van der Waals surface area contributed by atoms with Crippen molar-refractivity contribution in [3.05, 3.63) is 52.0 Å². The fourth-order valence-corrected chi connectivity index (χ4v) is 4.46. The van der Waals surface area contributed by atoms with Gasteiger partial charge in [-0.1, -0.05) is 22.9 Å². The van der Waals surface area contributed by atoms with Crippen LogP contribution < -0.4 is 20.3 Å². The molecule has 0 aliphatic carbocycles. The summed E-state index contributed by atoms with van der Waals surface area (Å²) in [5.74, 6) is -0.595. The summed E-state index contributed by atoms with van der Waals surface area (Å²) in [7, 11) is 0. The Labute approximate surface area is 207 Å². The van der Waals surface area contributed by atoms with Crippen molar-refractivity contribution in [3.63, 3.8) is 0 Å². The monoisotopic (exact) mass is 531 g/mol. The van der Waals surface area contributed by atoms with Crippen LogP contribution in [0.25, 0.3) is 0 Å². The topological polar surface area (TPSA) is 108 Å². The summed E-state index contributed by atoms with van der Waals surface area (Å²) >= 11 is 3.48. The summed E-state index contributed by atoms with van der Waals surface area (Å²) in [5, 5.41) is 14.9. The van der Waals surface area contributed by atoms with Crippen molar-refractivity contribution >= 4 is 45.0 Å². The Kier molecular flexibility index (Phi) is 8.68. The van der Waals surface area contributed by atoms with Crippen molar-refractivity contribution in [1.82, 2.24) is 5.32 Å². The van der Waals surface area contributed by atoms with E-state index in [9.17, 15) is 19.5 Å². The zero-order chi connectivity index (χ0) is 24.8. The van der Waals surface area contributed by atoms with Crippen LogP contribution in [-0.2, 0) is 20.8 Å². The fraction of sp³-hybridized carbons (Fsp3) is 0.400. The molecule has 1 saturated heterocycles. The lowest BCUT2D eigenvalue weighted by atomic mass is 10.1. The number of aliphatic hydroxyl groups is 1. The van der Waals surface area contributed by atoms with Gasteiger partial charge < -0.3 is 25.4 Å². The molecule has 3 amide bonds. The van der Waals surface area contributed by atoms with E-state index in [1.165, 1.54) is 0 Å². The molecule has 0 unspecified atom stereocenters. The Balaban J connectivity index is 1.55. The van der Waals surface area contributed by atoms with E-state index < -0.39 is 12.0 Å². The molecule has 3 rings (SSSR count). The summed E-state index contributed by atoms with van der Waals surface area (Å²) in [6.45, 7) is 5.85. The minimum absolute atomic E-state index is 0.124. The maximum atomic E-state index is 12.5. The number of benzene rings is 2. The standard InChI is InChI=1S/C25H30BrN3O5/c1-4-17-10-19(26)9-15(2)24(17)28-22(31)14-34-21-7-5-20(6-8-21)29-13-18(11-23(29)32)25(33)27-12-16(3)30/h5-10,16,18,30H,4,11-14H2,1-3H3,(H,27,33)(H,28,31)/t16-,18+/m1/s1. The van der Waals surface area contributed by atoms with E-state index in [4.69, 9.17) is 4.74 Å². The highest BCUT2D eigenvalue weighted by Gasteiger charge is 2.35. The number of nitrogens with zero attached hydrogens (tertiary/aromatic N) is 1. The average Bonchev–Trinajstić information content (AvgIpc) is 3.19. The molecule has 1 heterocycles. The van der Waals surface area contributed by atoms with Gasteiger partial charge in [-0.3, -0.25) is 14.4 Å². The summed E-state index contributed by atoms with van der Waals surface area (Å²) in [4.78, 5) is 38.6. The molecule has 1 aliphatic heterocycles. The zero-order valence-electron chi connectivity index (χ0n) is 19.6. The molecule has 0 aromatic heterocycles. The van der Waals surface area contributed by atoms with Gasteiger partial charge in [-0.15, -0.1) is 0 Å². The van der Waals surface area contributed by atoms with Gasteiger partial charge in [0.05, 0.1) is 12.0 Å². The first kappa shape index (κ1) is 25.7. The number of carbonyl (C=O) groups is 3. The number of halogens is 1. The van der Waals surface area contributed by atoms with Crippen molar-refractivity contribution in [2.45, 2.75) is 39.7 Å². The Morgan fingerprint density at radius 3 is 2.62 bits per heavy atom. The van der Waals surface area contributed by atoms with Crippen LogP contribution in [0.2, 0.25) is 0 Å². The van der Waals surface area contributed by atoms with Crippen molar-refractivity contribution in [1.29, 1.82) is 0 Å². The van der Waals surface area contributed by atoms with Gasteiger partial charge in [0.2, 0.25) is 11.8 Å². The molecule has 2 atom stereocenters. The fourth-order valence-electron chi connectivity index (χ4n) is 3.84. The third kappa shape index (κ3) is 6.57. The number of aryl methyl sites for hydroxylation is 2. The quantitative estimate of drug-likeness (QED) is 0.460. The number of ether oxygens (including phenoxy) is 1. The smallest absolute Gasteiger partial charge is 0.262 e. The molecular formula is C25H30BrN3O5. The average molecular weight is 532 g/mol. The van der Waals surface area contributed by atoms with Crippen LogP contribution in [0, 0.1) is 12.8 Å². The van der Waals surface area contributed by atoms with Crippen LogP contribution in [0.4, 0.5) is 11.4 Å². The SMILES string of the molecule is CCc1cc(Br)cc(C)c1NC(=O)COc1ccc(N2C[C@@H](C(=O)NC[C@@H](C)O)CC2=O)cc1. The molecule has 0 radical (unpaired) electrons. The lowest BCUT2D eigenvalue weighted by molar-refractivity contribution is -0.126. The molecule has 0 saturated carbocycles. The predicted molar refractivity (Wildman–Crippen MR) is 134 cm³/mol. The van der Waals surface area contributed by atoms with Crippen LogP contribution in [0.5, 0.6) is 5.75 Å². The van der Waals surface area contributed by atoms with Gasteiger partial charge in [-0.05, 0) is 67.8 Å². The molecule has 8 nitrogen and oxygen atoms in total. The summed E-state index contributed by atoms with van der Waals surface area (Å²) in [5.41, 5.74) is 3.47. The van der Waals surface area contributed by atoms with Gasteiger partial charge in [0.1, 0.15) is 5.75 Å². The van der Waals surface area contributed by atoms with E-state index in [1.807, 2.05) is 26.0 Å². The first-order valence-electron chi connectivity index (χ1n) is 11.3. The molecule has 0 bridgehead atoms. The van der Waals surface area contributed by atoms with E-state index in [1.54, 1.807) is 36.1 Å². The number of hydrogen-bond donors (Lipinski definition) is 3. The third-order valence-electron chi connectivity index (χ3n) is 5.61. The highest BCUT2D eigenvalue weighted by atomic mass is 79.9. The largest absolute Gasteiger partial charge is 0.484 e. The van der Waals surface area contributed by atoms with Crippen molar-refractivity contribution < 1.29 is 24.2 Å². The Bertz CT molecular complexity index is 1060. The second kappa shape index (κ2) is 11.5. The van der Waals surface area contributed by atoms with E-state index in [-0.39, 0.29) is 43.8 Å². The Morgan fingerprint density at radius 2 is 1.97 bits per heavy atom. The summed E-state index contributed by atoms with van der Waals surface area (Å²) < 4.78 is 6.59. The predicted octanol–water partition coefficient (Wildman–Crippen LogP) is 3.19. The first-order valence-corrected chi connectivity index (χ1v) is 12.0. The molecule has 2 aromatic rings. The van der Waals surface area contributed by atoms with E-state index in [2.05, 4.69) is 26.6 Å². The van der Waals surface area contributed by atoms with Gasteiger partial charge in [0, 0.05) is 35.4 Å². The maximum Gasteiger partial charge on any atom is 0.262 e. The lowest BCUT2D eigenvalue weighted by Gasteiger charge is -2.18. The molecule has 0 spiro atoms. The van der Waals surface area contributed by atoms with Crippen LogP contribution in [-0.4, -0.2) is 48.6 Å². The van der Waals surface area contributed by atoms with Gasteiger partial charge in [-0.25, -0.2) is 0 Å². The minimum atomic E-state index is -0.639.